The second-order valence-electron chi connectivity index (χ2n) is 4.07. The lowest BCUT2D eigenvalue weighted by Gasteiger charge is -2.05. The summed E-state index contributed by atoms with van der Waals surface area (Å²) in [6, 6.07) is 18.5. The van der Waals surface area contributed by atoms with E-state index in [0.29, 0.717) is 24.2 Å². The number of nitrogens with zero attached hydrogens (tertiary/aromatic N) is 1. The summed E-state index contributed by atoms with van der Waals surface area (Å²) in [7, 11) is 0. The Labute approximate surface area is 112 Å². The molecule has 0 unspecified atom stereocenters. The smallest absolute Gasteiger partial charge is 0.311 e. The number of carbonyl (C=O) groups is 1. The molecule has 19 heavy (non-hydrogen) atoms. The summed E-state index contributed by atoms with van der Waals surface area (Å²) in [5, 5.41) is 8.90. The maximum atomic E-state index is 11.7. The molecule has 0 aliphatic heterocycles. The molecule has 0 atom stereocenters. The van der Waals surface area contributed by atoms with Crippen LogP contribution in [0.2, 0.25) is 0 Å². The second kappa shape index (κ2) is 6.36. The van der Waals surface area contributed by atoms with Crippen molar-refractivity contribution in [3.63, 3.8) is 0 Å². The first-order valence-electron chi connectivity index (χ1n) is 6.03. The number of para-hydroxylation sites is 1. The number of esters is 1. The molecular formula is C16H13NO2. The van der Waals surface area contributed by atoms with Crippen molar-refractivity contribution in [3.8, 4) is 11.8 Å². The summed E-state index contributed by atoms with van der Waals surface area (Å²) < 4.78 is 5.20. The summed E-state index contributed by atoms with van der Waals surface area (Å²) in [5.41, 5.74) is 1.46. The van der Waals surface area contributed by atoms with E-state index in [1.165, 1.54) is 0 Å². The highest BCUT2D eigenvalue weighted by atomic mass is 16.5. The molecule has 3 nitrogen and oxygen atoms in total. The van der Waals surface area contributed by atoms with E-state index in [9.17, 15) is 4.79 Å². The standard InChI is InChI=1S/C16H13NO2/c17-12-14-8-4-5-9-15(14)19-16(18)11-10-13-6-2-1-3-7-13/h1-9H,10-11H2. The molecule has 0 saturated carbocycles. The Hall–Kier alpha value is -2.60. The van der Waals surface area contributed by atoms with Gasteiger partial charge in [0.05, 0.1) is 5.56 Å². The molecule has 0 N–H and O–H groups in total. The van der Waals surface area contributed by atoms with Gasteiger partial charge in [0, 0.05) is 6.42 Å². The van der Waals surface area contributed by atoms with Crippen molar-refractivity contribution in [3.05, 3.63) is 65.7 Å². The Kier molecular flexibility index (Phi) is 4.30. The molecule has 0 aliphatic rings. The van der Waals surface area contributed by atoms with Crippen LogP contribution in [0.1, 0.15) is 17.5 Å². The van der Waals surface area contributed by atoms with Gasteiger partial charge < -0.3 is 4.74 Å². The average Bonchev–Trinajstić information content (AvgIpc) is 2.47. The Balaban J connectivity index is 1.93. The van der Waals surface area contributed by atoms with Gasteiger partial charge in [-0.1, -0.05) is 42.5 Å². The zero-order valence-corrected chi connectivity index (χ0v) is 10.4. The zero-order valence-electron chi connectivity index (χ0n) is 10.4. The van der Waals surface area contributed by atoms with E-state index in [1.54, 1.807) is 24.3 Å². The number of aryl methyl sites for hydroxylation is 1. The number of benzene rings is 2. The number of carbonyl (C=O) groups excluding carboxylic acids is 1. The number of ether oxygens (including phenoxy) is 1. The van der Waals surface area contributed by atoms with Gasteiger partial charge in [0.15, 0.2) is 0 Å². The molecule has 0 fully saturated rings. The zero-order chi connectivity index (χ0) is 13.5. The van der Waals surface area contributed by atoms with Crippen LogP contribution in [0.5, 0.6) is 5.75 Å². The van der Waals surface area contributed by atoms with Crippen LogP contribution >= 0.6 is 0 Å². The van der Waals surface area contributed by atoms with Gasteiger partial charge in [-0.2, -0.15) is 5.26 Å². The first-order valence-corrected chi connectivity index (χ1v) is 6.03. The predicted octanol–water partition coefficient (Wildman–Crippen LogP) is 3.10. The molecule has 0 spiro atoms. The monoisotopic (exact) mass is 251 g/mol. The SMILES string of the molecule is N#Cc1ccccc1OC(=O)CCc1ccccc1. The highest BCUT2D eigenvalue weighted by Gasteiger charge is 2.08. The fourth-order valence-electron chi connectivity index (χ4n) is 1.71. The molecule has 0 amide bonds. The predicted molar refractivity (Wildman–Crippen MR) is 71.6 cm³/mol. The quantitative estimate of drug-likeness (QED) is 0.619. The number of nitriles is 1. The third-order valence-electron chi connectivity index (χ3n) is 2.69. The molecule has 0 saturated heterocycles. The van der Waals surface area contributed by atoms with Gasteiger partial charge >= 0.3 is 5.97 Å². The molecule has 2 rings (SSSR count). The van der Waals surface area contributed by atoms with Crippen molar-refractivity contribution in [2.75, 3.05) is 0 Å². The van der Waals surface area contributed by atoms with E-state index in [4.69, 9.17) is 10.00 Å². The van der Waals surface area contributed by atoms with Crippen molar-refractivity contribution in [1.29, 1.82) is 5.26 Å². The Morgan fingerprint density at radius 2 is 1.74 bits per heavy atom. The summed E-state index contributed by atoms with van der Waals surface area (Å²) in [5.74, 6) is -0.00499. The lowest BCUT2D eigenvalue weighted by molar-refractivity contribution is -0.134. The van der Waals surface area contributed by atoms with Crippen molar-refractivity contribution in [2.24, 2.45) is 0 Å². The fraction of sp³-hybridized carbons (Fsp3) is 0.125. The molecule has 3 heteroatoms. The summed E-state index contributed by atoms with van der Waals surface area (Å²) in [6.07, 6.45) is 0.929. The molecule has 94 valence electrons. The van der Waals surface area contributed by atoms with E-state index >= 15 is 0 Å². The molecule has 0 aromatic heterocycles. The lowest BCUT2D eigenvalue weighted by atomic mass is 10.1. The van der Waals surface area contributed by atoms with Crippen LogP contribution in [-0.2, 0) is 11.2 Å². The fourth-order valence-corrected chi connectivity index (χ4v) is 1.71. The largest absolute Gasteiger partial charge is 0.425 e. The van der Waals surface area contributed by atoms with Gasteiger partial charge in [0.1, 0.15) is 11.8 Å². The topological polar surface area (TPSA) is 50.1 Å². The minimum Gasteiger partial charge on any atom is -0.425 e. The average molecular weight is 251 g/mol. The second-order valence-corrected chi connectivity index (χ2v) is 4.07. The summed E-state index contributed by atoms with van der Waals surface area (Å²) >= 11 is 0. The van der Waals surface area contributed by atoms with Crippen molar-refractivity contribution < 1.29 is 9.53 Å². The van der Waals surface area contributed by atoms with Crippen molar-refractivity contribution in [1.82, 2.24) is 0 Å². The van der Waals surface area contributed by atoms with E-state index in [1.807, 2.05) is 36.4 Å². The van der Waals surface area contributed by atoms with Gasteiger partial charge in [0.25, 0.3) is 0 Å². The van der Waals surface area contributed by atoms with E-state index in [0.717, 1.165) is 5.56 Å². The molecule has 0 bridgehead atoms. The first kappa shape index (κ1) is 12.8. The van der Waals surface area contributed by atoms with Gasteiger partial charge in [-0.15, -0.1) is 0 Å². The highest BCUT2D eigenvalue weighted by Crippen LogP contribution is 2.17. The maximum absolute atomic E-state index is 11.7. The Bertz CT molecular complexity index is 600. The Morgan fingerprint density at radius 3 is 2.47 bits per heavy atom. The van der Waals surface area contributed by atoms with E-state index in [-0.39, 0.29) is 5.97 Å². The first-order chi connectivity index (χ1) is 9.29. The van der Waals surface area contributed by atoms with Crippen LogP contribution in [0.25, 0.3) is 0 Å². The normalized spacial score (nSPS) is 9.63. The minimum atomic E-state index is -0.327. The highest BCUT2D eigenvalue weighted by molar-refractivity contribution is 5.73. The van der Waals surface area contributed by atoms with Crippen LogP contribution < -0.4 is 4.74 Å². The van der Waals surface area contributed by atoms with Gasteiger partial charge in [-0.05, 0) is 24.1 Å². The Morgan fingerprint density at radius 1 is 1.05 bits per heavy atom. The van der Waals surface area contributed by atoms with Crippen molar-refractivity contribution >= 4 is 5.97 Å². The summed E-state index contributed by atoms with van der Waals surface area (Å²) in [4.78, 5) is 11.7. The van der Waals surface area contributed by atoms with E-state index < -0.39 is 0 Å². The molecule has 0 aliphatic carbocycles. The van der Waals surface area contributed by atoms with Gasteiger partial charge in [0.2, 0.25) is 0 Å². The third-order valence-corrected chi connectivity index (χ3v) is 2.69. The minimum absolute atomic E-state index is 0.295. The van der Waals surface area contributed by atoms with Crippen LogP contribution in [-0.4, -0.2) is 5.97 Å². The van der Waals surface area contributed by atoms with Gasteiger partial charge in [-0.3, -0.25) is 4.79 Å². The molecule has 0 radical (unpaired) electrons. The molecule has 2 aromatic rings. The number of rotatable bonds is 4. The molecular weight excluding hydrogens is 238 g/mol. The van der Waals surface area contributed by atoms with Crippen LogP contribution in [0.4, 0.5) is 0 Å². The van der Waals surface area contributed by atoms with Crippen molar-refractivity contribution in [2.45, 2.75) is 12.8 Å². The molecule has 0 heterocycles. The summed E-state index contributed by atoms with van der Waals surface area (Å²) in [6.45, 7) is 0. The van der Waals surface area contributed by atoms with Crippen LogP contribution in [0.3, 0.4) is 0 Å². The number of hydrogen-bond donors (Lipinski definition) is 0. The van der Waals surface area contributed by atoms with Gasteiger partial charge in [-0.25, -0.2) is 0 Å². The third kappa shape index (κ3) is 3.68. The molecule has 2 aromatic carbocycles. The van der Waals surface area contributed by atoms with E-state index in [2.05, 4.69) is 0 Å². The number of hydrogen-bond acceptors (Lipinski definition) is 3. The maximum Gasteiger partial charge on any atom is 0.311 e. The van der Waals surface area contributed by atoms with Crippen LogP contribution in [0, 0.1) is 11.3 Å². The lowest BCUT2D eigenvalue weighted by Crippen LogP contribution is -2.09. The van der Waals surface area contributed by atoms with Crippen LogP contribution in [0.15, 0.2) is 54.6 Å².